The van der Waals surface area contributed by atoms with Crippen molar-refractivity contribution in [1.29, 1.82) is 0 Å². The van der Waals surface area contributed by atoms with E-state index in [1.54, 1.807) is 0 Å². The van der Waals surface area contributed by atoms with Crippen molar-refractivity contribution < 1.29 is 19.1 Å². The van der Waals surface area contributed by atoms with Gasteiger partial charge in [-0.25, -0.2) is 0 Å². The van der Waals surface area contributed by atoms with Crippen LogP contribution in [0.5, 0.6) is 0 Å². The van der Waals surface area contributed by atoms with Gasteiger partial charge in [0.15, 0.2) is 0 Å². The van der Waals surface area contributed by atoms with Gasteiger partial charge < -0.3 is 9.47 Å². The maximum Gasteiger partial charge on any atom is 0.306 e. The number of carbonyl (C=O) groups is 2. The summed E-state index contributed by atoms with van der Waals surface area (Å²) in [7, 11) is 0. The van der Waals surface area contributed by atoms with Gasteiger partial charge in [-0.05, 0) is 32.1 Å². The van der Waals surface area contributed by atoms with Crippen LogP contribution >= 0.6 is 0 Å². The Labute approximate surface area is 193 Å². The second kappa shape index (κ2) is 23.6. The van der Waals surface area contributed by atoms with Crippen LogP contribution in [-0.4, -0.2) is 24.6 Å². The van der Waals surface area contributed by atoms with Crippen LogP contribution in [0.3, 0.4) is 0 Å². The summed E-state index contributed by atoms with van der Waals surface area (Å²) in [4.78, 5) is 23.8. The number of rotatable bonds is 23. The third-order valence-corrected chi connectivity index (χ3v) is 5.81. The van der Waals surface area contributed by atoms with Gasteiger partial charge in [-0.15, -0.1) is 0 Å². The molecule has 0 saturated carbocycles. The summed E-state index contributed by atoms with van der Waals surface area (Å²) in [5.41, 5.74) is 0. The van der Waals surface area contributed by atoms with E-state index in [1.807, 2.05) is 0 Å². The van der Waals surface area contributed by atoms with Gasteiger partial charge in [-0.1, -0.05) is 104 Å². The highest BCUT2D eigenvalue weighted by atomic mass is 16.5. The molecule has 0 spiro atoms. The Hall–Kier alpha value is -1.06. The first-order valence-corrected chi connectivity index (χ1v) is 13.5. The highest BCUT2D eigenvalue weighted by molar-refractivity contribution is 5.70. The van der Waals surface area contributed by atoms with Crippen molar-refractivity contribution in [3.05, 3.63) is 0 Å². The minimum atomic E-state index is -0.0962. The van der Waals surface area contributed by atoms with Gasteiger partial charge in [-0.3, -0.25) is 9.59 Å². The minimum Gasteiger partial charge on any atom is -0.466 e. The standard InChI is InChI=1S/C27H52O4/c1-4-7-9-10-11-12-13-14-15-19-24-30-26(28)22-17-16-18-23-27(29)31-25(20-6-3)21-8-5-2/h25H,4-24H2,1-3H3. The monoisotopic (exact) mass is 440 g/mol. The van der Waals surface area contributed by atoms with E-state index in [9.17, 15) is 9.59 Å². The average Bonchev–Trinajstić information content (AvgIpc) is 2.75. The molecule has 4 heteroatoms. The first-order chi connectivity index (χ1) is 15.1. The van der Waals surface area contributed by atoms with Gasteiger partial charge in [0.2, 0.25) is 0 Å². The maximum atomic E-state index is 12.0. The van der Waals surface area contributed by atoms with Crippen LogP contribution in [0, 0.1) is 0 Å². The third kappa shape index (κ3) is 21.9. The molecule has 0 N–H and O–H groups in total. The highest BCUT2D eigenvalue weighted by Gasteiger charge is 2.13. The fraction of sp³-hybridized carbons (Fsp3) is 0.926. The fourth-order valence-electron chi connectivity index (χ4n) is 3.82. The first-order valence-electron chi connectivity index (χ1n) is 13.5. The van der Waals surface area contributed by atoms with Crippen molar-refractivity contribution in [2.45, 2.75) is 155 Å². The van der Waals surface area contributed by atoms with Crippen molar-refractivity contribution in [1.82, 2.24) is 0 Å². The van der Waals surface area contributed by atoms with Crippen LogP contribution in [0.1, 0.15) is 149 Å². The molecule has 4 nitrogen and oxygen atoms in total. The fourth-order valence-corrected chi connectivity index (χ4v) is 3.82. The third-order valence-electron chi connectivity index (χ3n) is 5.81. The lowest BCUT2D eigenvalue weighted by Crippen LogP contribution is -2.18. The van der Waals surface area contributed by atoms with Crippen LogP contribution < -0.4 is 0 Å². The molecule has 0 heterocycles. The van der Waals surface area contributed by atoms with E-state index in [0.29, 0.717) is 19.4 Å². The number of carbonyl (C=O) groups excluding carboxylic acids is 2. The molecular weight excluding hydrogens is 388 g/mol. The van der Waals surface area contributed by atoms with Gasteiger partial charge in [0.05, 0.1) is 6.61 Å². The predicted molar refractivity (Wildman–Crippen MR) is 130 cm³/mol. The smallest absolute Gasteiger partial charge is 0.306 e. The molecular formula is C27H52O4. The molecule has 0 aliphatic rings. The lowest BCUT2D eigenvalue weighted by atomic mass is 10.1. The predicted octanol–water partition coefficient (Wildman–Crippen LogP) is 8.30. The lowest BCUT2D eigenvalue weighted by Gasteiger charge is -2.17. The molecule has 0 aromatic carbocycles. The number of hydrogen-bond donors (Lipinski definition) is 0. The normalized spacial score (nSPS) is 12.0. The Morgan fingerprint density at radius 1 is 0.548 bits per heavy atom. The zero-order valence-corrected chi connectivity index (χ0v) is 21.1. The Balaban J connectivity index is 3.48. The largest absolute Gasteiger partial charge is 0.466 e. The quantitative estimate of drug-likeness (QED) is 0.118. The van der Waals surface area contributed by atoms with E-state index in [2.05, 4.69) is 20.8 Å². The molecule has 0 fully saturated rings. The van der Waals surface area contributed by atoms with E-state index >= 15 is 0 Å². The van der Waals surface area contributed by atoms with Gasteiger partial charge in [0.1, 0.15) is 6.10 Å². The van der Waals surface area contributed by atoms with Crippen LogP contribution in [-0.2, 0) is 19.1 Å². The van der Waals surface area contributed by atoms with Crippen LogP contribution in [0.15, 0.2) is 0 Å². The SMILES string of the molecule is CCCCCCCCCCCCOC(=O)CCCCCC(=O)OC(CCC)CCCC. The number of esters is 2. The minimum absolute atomic E-state index is 0.0817. The summed E-state index contributed by atoms with van der Waals surface area (Å²) >= 11 is 0. The molecule has 0 aromatic rings. The number of ether oxygens (including phenoxy) is 2. The molecule has 0 rings (SSSR count). The zero-order chi connectivity index (χ0) is 23.0. The Morgan fingerprint density at radius 3 is 1.65 bits per heavy atom. The molecule has 0 bridgehead atoms. The number of hydrogen-bond acceptors (Lipinski definition) is 4. The first kappa shape index (κ1) is 29.9. The number of unbranched alkanes of at least 4 members (excludes halogenated alkanes) is 12. The average molecular weight is 441 g/mol. The van der Waals surface area contributed by atoms with Crippen LogP contribution in [0.25, 0.3) is 0 Å². The second-order valence-corrected chi connectivity index (χ2v) is 9.01. The molecule has 0 radical (unpaired) electrons. The summed E-state index contributed by atoms with van der Waals surface area (Å²) in [6.07, 6.45) is 21.5. The molecule has 0 aliphatic carbocycles. The Kier molecular flexibility index (Phi) is 22.8. The van der Waals surface area contributed by atoms with Crippen molar-refractivity contribution in [2.24, 2.45) is 0 Å². The van der Waals surface area contributed by atoms with Gasteiger partial charge in [0, 0.05) is 12.8 Å². The van der Waals surface area contributed by atoms with E-state index in [1.165, 1.54) is 51.4 Å². The molecule has 0 aliphatic heterocycles. The van der Waals surface area contributed by atoms with Crippen molar-refractivity contribution >= 4 is 11.9 Å². The van der Waals surface area contributed by atoms with Crippen molar-refractivity contribution in [2.75, 3.05) is 6.61 Å². The molecule has 1 atom stereocenters. The topological polar surface area (TPSA) is 52.6 Å². The summed E-state index contributed by atoms with van der Waals surface area (Å²) in [6.45, 7) is 7.09. The molecule has 1 unspecified atom stereocenters. The van der Waals surface area contributed by atoms with E-state index in [-0.39, 0.29) is 18.0 Å². The van der Waals surface area contributed by atoms with Gasteiger partial charge in [-0.2, -0.15) is 0 Å². The molecule has 0 saturated heterocycles. The van der Waals surface area contributed by atoms with E-state index in [4.69, 9.17) is 9.47 Å². The summed E-state index contributed by atoms with van der Waals surface area (Å²) in [5.74, 6) is -0.181. The Morgan fingerprint density at radius 2 is 1.06 bits per heavy atom. The van der Waals surface area contributed by atoms with Crippen molar-refractivity contribution in [3.63, 3.8) is 0 Å². The summed E-state index contributed by atoms with van der Waals surface area (Å²) < 4.78 is 10.9. The van der Waals surface area contributed by atoms with Gasteiger partial charge in [0.25, 0.3) is 0 Å². The summed E-state index contributed by atoms with van der Waals surface area (Å²) in [5, 5.41) is 0. The van der Waals surface area contributed by atoms with E-state index in [0.717, 1.165) is 64.2 Å². The summed E-state index contributed by atoms with van der Waals surface area (Å²) in [6, 6.07) is 0. The highest BCUT2D eigenvalue weighted by Crippen LogP contribution is 2.14. The van der Waals surface area contributed by atoms with Crippen molar-refractivity contribution in [3.8, 4) is 0 Å². The second-order valence-electron chi connectivity index (χ2n) is 9.01. The molecule has 0 amide bonds. The molecule has 0 aromatic heterocycles. The lowest BCUT2D eigenvalue weighted by molar-refractivity contribution is -0.150. The van der Waals surface area contributed by atoms with Crippen LogP contribution in [0.4, 0.5) is 0 Å². The van der Waals surface area contributed by atoms with Crippen LogP contribution in [0.2, 0.25) is 0 Å². The molecule has 31 heavy (non-hydrogen) atoms. The zero-order valence-electron chi connectivity index (χ0n) is 21.1. The Bertz CT molecular complexity index is 408. The van der Waals surface area contributed by atoms with E-state index < -0.39 is 0 Å². The molecule has 184 valence electrons. The maximum absolute atomic E-state index is 12.0. The van der Waals surface area contributed by atoms with Gasteiger partial charge >= 0.3 is 11.9 Å².